The van der Waals surface area contributed by atoms with E-state index in [-0.39, 0.29) is 239 Å². The molecular formula is C69H71ClCs2F6N10O12S3. The predicted octanol–water partition coefficient (Wildman–Crippen LogP) is 3.64. The minimum atomic E-state index is -3.73. The van der Waals surface area contributed by atoms with Crippen LogP contribution in [0.3, 0.4) is 0 Å². The van der Waals surface area contributed by atoms with Gasteiger partial charge in [0.25, 0.3) is 6.47 Å². The predicted molar refractivity (Wildman–Crippen MR) is 374 cm³/mol. The number of terminal acetylenes is 3. The molecule has 3 atom stereocenters. The number of aliphatic hydroxyl groups excluding tert-OH is 1. The number of nitrogens with zero attached hydrogens (tertiary/aromatic N) is 9. The minimum Gasteiger partial charge on any atom is -1.00 e. The number of carbonyl (C=O) groups is 1. The zero-order valence-electron chi connectivity index (χ0n) is 59.4. The maximum Gasteiger partial charge on any atom is 1.00 e. The van der Waals surface area contributed by atoms with Crippen LogP contribution in [0.15, 0.2) is 107 Å². The number of hydrogen-bond acceptors (Lipinski definition) is 22. The molecular weight excluding hydrogens is 1670 g/mol. The number of nitrogens with two attached hydrogens (primary N) is 1. The summed E-state index contributed by atoms with van der Waals surface area (Å²) in [5.41, 5.74) is 3.55. The van der Waals surface area contributed by atoms with Gasteiger partial charge in [-0.2, -0.15) is 0 Å². The molecule has 6 aromatic rings. The number of amidine groups is 1. The van der Waals surface area contributed by atoms with Crippen LogP contribution in [0.25, 0.3) is 35.7 Å². The fourth-order valence-electron chi connectivity index (χ4n) is 9.67. The molecule has 0 fully saturated rings. The van der Waals surface area contributed by atoms with Crippen LogP contribution in [0.5, 0.6) is 11.8 Å². The summed E-state index contributed by atoms with van der Waals surface area (Å²) < 4.78 is 171. The van der Waals surface area contributed by atoms with Gasteiger partial charge in [0.1, 0.15) is 71.9 Å². The molecule has 538 valence electrons. The smallest absolute Gasteiger partial charge is 1.00 e. The van der Waals surface area contributed by atoms with E-state index in [0.29, 0.717) is 22.6 Å². The van der Waals surface area contributed by atoms with Gasteiger partial charge in [0, 0.05) is 28.1 Å². The molecule has 0 unspecified atom stereocenters. The fourth-order valence-corrected chi connectivity index (χ4v) is 15.1. The largest absolute Gasteiger partial charge is 1.00 e. The van der Waals surface area contributed by atoms with Crippen molar-refractivity contribution in [2.24, 2.45) is 20.7 Å². The van der Waals surface area contributed by atoms with Crippen molar-refractivity contribution in [3.63, 3.8) is 0 Å². The first-order valence-electron chi connectivity index (χ1n) is 29.7. The van der Waals surface area contributed by atoms with Crippen molar-refractivity contribution in [2.75, 3.05) is 37.1 Å². The fraction of sp³-hybridized carbons (Fsp3) is 0.333. The summed E-state index contributed by atoms with van der Waals surface area (Å²) in [6, 6.07) is 11.7. The molecule has 0 spiro atoms. The third-order valence-corrected chi connectivity index (χ3v) is 24.7. The van der Waals surface area contributed by atoms with E-state index in [2.05, 4.69) is 68.0 Å². The van der Waals surface area contributed by atoms with Crippen LogP contribution in [0.4, 0.5) is 26.3 Å². The Kier molecular flexibility index (Phi) is 34.1. The van der Waals surface area contributed by atoms with Crippen LogP contribution in [0, 0.1) is 54.5 Å². The first kappa shape index (κ1) is 91.6. The number of hydrogen-bond donors (Lipinski definition) is 2. The Morgan fingerprint density at radius 2 is 0.854 bits per heavy atom. The molecule has 3 aromatic heterocycles. The Balaban J connectivity index is 0.000000496. The number of halogens is 7. The second-order valence-corrected chi connectivity index (χ2v) is 32.5. The molecule has 0 radical (unpaired) electrons. The van der Waals surface area contributed by atoms with Crippen molar-refractivity contribution in [1.29, 1.82) is 0 Å². The molecule has 103 heavy (non-hydrogen) atoms. The van der Waals surface area contributed by atoms with Crippen molar-refractivity contribution >= 4 is 101 Å². The van der Waals surface area contributed by atoms with Crippen molar-refractivity contribution in [2.45, 2.75) is 107 Å². The number of aliphatic imine (C=N–C) groups is 3. The molecule has 3 aliphatic rings. The molecule has 6 heterocycles. The van der Waals surface area contributed by atoms with Crippen LogP contribution >= 0.6 is 11.6 Å². The van der Waals surface area contributed by atoms with Gasteiger partial charge in [-0.1, -0.05) is 47.6 Å². The third kappa shape index (κ3) is 23.0. The molecule has 3 N–H and O–H groups in total. The first-order chi connectivity index (χ1) is 47.0. The number of aliphatic hydroxyl groups is 1. The zero-order valence-corrected chi connectivity index (χ0v) is 74.1. The molecule has 9 rings (SSSR count). The number of rotatable bonds is 14. The van der Waals surface area contributed by atoms with Gasteiger partial charge < -0.3 is 31.9 Å². The van der Waals surface area contributed by atoms with Gasteiger partial charge in [-0.3, -0.25) is 19.8 Å². The number of benzene rings is 3. The van der Waals surface area contributed by atoms with E-state index in [1.54, 1.807) is 55.4 Å². The summed E-state index contributed by atoms with van der Waals surface area (Å²) in [6.07, 6.45) is 25.4. The average molecular weight is 1740 g/mol. The number of aromatic nitrogens is 6. The normalized spacial score (nSPS) is 20.7. The Hall–Kier alpha value is -5.58. The Bertz CT molecular complexity index is 4580. The topological polar surface area (TPSA) is 331 Å². The van der Waals surface area contributed by atoms with Gasteiger partial charge in [-0.15, -0.1) is 19.3 Å². The molecule has 0 aliphatic carbocycles. The summed E-state index contributed by atoms with van der Waals surface area (Å²) in [7, 11) is -10.9. The monoisotopic (exact) mass is 1740 g/mol. The second-order valence-electron chi connectivity index (χ2n) is 24.5. The zero-order chi connectivity index (χ0) is 75.9. The maximum atomic E-state index is 14.7. The van der Waals surface area contributed by atoms with E-state index >= 15 is 0 Å². The molecule has 3 aromatic carbocycles. The molecule has 0 saturated heterocycles. The summed E-state index contributed by atoms with van der Waals surface area (Å²) in [6.45, 7) is 16.8. The van der Waals surface area contributed by atoms with E-state index in [9.17, 15) is 51.6 Å². The summed E-state index contributed by atoms with van der Waals surface area (Å²) >= 11 is 5.65. The summed E-state index contributed by atoms with van der Waals surface area (Å²) in [5, 5.41) is 16.2. The molecule has 0 amide bonds. The Morgan fingerprint density at radius 3 is 1.11 bits per heavy atom. The van der Waals surface area contributed by atoms with E-state index < -0.39 is 101 Å². The molecule has 3 aliphatic heterocycles. The number of carbonyl (C=O) groups excluding carboxylic acids is 1. The van der Waals surface area contributed by atoms with E-state index in [4.69, 9.17) is 54.8 Å². The van der Waals surface area contributed by atoms with Gasteiger partial charge in [0.2, 0.25) is 11.8 Å². The van der Waals surface area contributed by atoms with Crippen LogP contribution in [0.1, 0.15) is 128 Å². The van der Waals surface area contributed by atoms with Gasteiger partial charge in [0.15, 0.2) is 60.2 Å². The van der Waals surface area contributed by atoms with E-state index in [0.717, 1.165) is 18.2 Å². The second kappa shape index (κ2) is 38.3. The van der Waals surface area contributed by atoms with Crippen LogP contribution < -0.4 is 158 Å². The first-order valence-corrected chi connectivity index (χ1v) is 35.0. The Labute approximate surface area is 719 Å². The van der Waals surface area contributed by atoms with Crippen molar-refractivity contribution in [3.05, 3.63) is 165 Å². The maximum absolute atomic E-state index is 14.7. The SMILES string of the molecule is C#CCO.C#CCOc1cnc(/C(F)=C/c2ccc(F)c([C@]3(C)CS(=O)(=O)C(C)(C)C(C)=N3)c2)cn1.C#CCOc1cnc(/C(F)=C/c2ccc(F)c([C@]3(C)CS(=O)(=O)C(C)(C)C(N)=N3)c2)cn1.CC1=N[C@](C)(c2cc(/C=C(\F)c3cnc(Cl)cn3)ccc2F)CS(=O)(=O)C1(C)C.O=CO[O-].[Cs+].[Cs+].[H-]. The van der Waals surface area contributed by atoms with Gasteiger partial charge in [-0.05, 0) is 147 Å². The quantitative estimate of drug-likeness (QED) is 0.0517. The van der Waals surface area contributed by atoms with Crippen LogP contribution in [0.2, 0.25) is 5.15 Å². The van der Waals surface area contributed by atoms with Crippen LogP contribution in [-0.4, -0.2) is 135 Å². The number of ether oxygens (including phenoxy) is 2. The van der Waals surface area contributed by atoms with E-state index in [1.165, 1.54) is 113 Å². The summed E-state index contributed by atoms with van der Waals surface area (Å²) in [5.74, 6) is 1.57. The van der Waals surface area contributed by atoms with Gasteiger partial charge >= 0.3 is 138 Å². The van der Waals surface area contributed by atoms with Gasteiger partial charge in [-0.25, -0.2) is 81.5 Å². The summed E-state index contributed by atoms with van der Waals surface area (Å²) in [4.78, 5) is 48.0. The van der Waals surface area contributed by atoms with Gasteiger partial charge in [0.05, 0.1) is 65.5 Å². The standard InChI is InChI=1S/C23H23F2N3O3S.C22H22F2N4O3S.C20H20ClF2N3O2S.C3H4O.CH2O3.2Cs.H/c1-6-9-31-21-13-26-20(12-27-21)19(25)11-16-7-8-18(24)17(10-16)23(5)14-32(29,30)22(3,4)15(2)28-23;1-5-8-31-19-12-26-18(11-27-19)17(24)10-14-6-7-16(23)15(9-14)22(4)13-32(29,30)21(2,3)20(25)28-22;1-12-19(2,3)29(27,28)11-20(4,26-12)14-7-13(5-6-15(14)22)8-16(23)17-9-25-18(21)10-24-17;1-2-3-4;2-1-4-3;;;/h1,7-8,10-13H,9,14H2,2-5H3;1,6-7,9-12H,8,13H2,2-4H3,(H2,25,28);5-10H,11H2,1-4H3;1,4H,3H2;1,3H;;;/q;;;;;2*+1;-1/p-1/b19-11-;17-10-;16-8-;;;;;/t23-;22-;20-;;;;;/m000...../s1. The molecule has 0 bridgehead atoms. The van der Waals surface area contributed by atoms with Crippen LogP contribution in [-0.2, 0) is 55.8 Å². The third-order valence-electron chi connectivity index (χ3n) is 16.2. The minimum absolute atomic E-state index is 0. The molecule has 22 nitrogen and oxygen atoms in total. The van der Waals surface area contributed by atoms with E-state index in [1.807, 2.05) is 5.92 Å². The van der Waals surface area contributed by atoms with Crippen molar-refractivity contribution in [1.82, 2.24) is 29.9 Å². The average Bonchev–Trinajstić information content (AvgIpc) is 0.749. The number of sulfone groups is 3. The van der Waals surface area contributed by atoms with Crippen molar-refractivity contribution in [3.8, 4) is 48.8 Å². The Morgan fingerprint density at radius 1 is 0.553 bits per heavy atom. The molecule has 0 saturated carbocycles. The van der Waals surface area contributed by atoms with Crippen molar-refractivity contribution < 1.29 is 220 Å². The molecule has 34 heteroatoms.